The predicted octanol–water partition coefficient (Wildman–Crippen LogP) is 2.74. The number of esters is 2. The zero-order valence-electron chi connectivity index (χ0n) is 21.2. The topological polar surface area (TPSA) is 119 Å². The minimum absolute atomic E-state index is 0.128. The molecule has 38 heavy (non-hydrogen) atoms. The molecular formula is C29H29O8P. The average molecular weight is 537 g/mol. The van der Waals surface area contributed by atoms with Gasteiger partial charge in [0.25, 0.3) is 0 Å². The zero-order chi connectivity index (χ0) is 28.3. The van der Waals surface area contributed by atoms with Crippen LogP contribution in [0.5, 0.6) is 0 Å². The first kappa shape index (κ1) is 34.0. The normalized spacial score (nSPS) is 9.63. The van der Waals surface area contributed by atoms with Gasteiger partial charge in [0, 0.05) is 12.3 Å². The molecular weight excluding hydrogens is 507 g/mol. The van der Waals surface area contributed by atoms with Gasteiger partial charge in [-0.15, -0.1) is 6.42 Å². The minimum Gasteiger partial charge on any atom is -0.456 e. The van der Waals surface area contributed by atoms with Crippen molar-refractivity contribution in [3.63, 3.8) is 0 Å². The third-order valence-corrected chi connectivity index (χ3v) is 4.71. The average Bonchev–Trinajstić information content (AvgIpc) is 2.87. The molecule has 0 saturated carbocycles. The molecule has 9 heteroatoms. The van der Waals surface area contributed by atoms with E-state index in [0.29, 0.717) is 6.42 Å². The van der Waals surface area contributed by atoms with Crippen molar-refractivity contribution >= 4 is 19.8 Å². The first-order chi connectivity index (χ1) is 18.3. The molecule has 0 saturated heterocycles. The third-order valence-electron chi connectivity index (χ3n) is 4.22. The second-order valence-electron chi connectivity index (χ2n) is 7.37. The number of rotatable bonds is 15. The molecule has 1 atom stereocenters. The van der Waals surface area contributed by atoms with Gasteiger partial charge in [-0.25, -0.2) is 9.36 Å². The van der Waals surface area contributed by atoms with Gasteiger partial charge in [-0.3, -0.25) is 9.32 Å². The molecule has 0 heterocycles. The van der Waals surface area contributed by atoms with Crippen LogP contribution in [0.2, 0.25) is 0 Å². The van der Waals surface area contributed by atoms with Crippen molar-refractivity contribution in [3.8, 4) is 83.4 Å². The Kier molecular flexibility index (Phi) is 20.9. The second-order valence-corrected chi connectivity index (χ2v) is 8.61. The minimum atomic E-state index is -4.82. The van der Waals surface area contributed by atoms with Crippen molar-refractivity contribution in [1.82, 2.24) is 0 Å². The maximum absolute atomic E-state index is 12.1. The number of ether oxygens (including phenoxy) is 2. The zero-order valence-corrected chi connectivity index (χ0v) is 22.1. The molecule has 0 amide bonds. The lowest BCUT2D eigenvalue weighted by molar-refractivity contribution is -0.158. The Morgan fingerprint density at radius 2 is 1.26 bits per heavy atom. The Morgan fingerprint density at radius 1 is 0.763 bits per heavy atom. The largest absolute Gasteiger partial charge is 0.469 e. The molecule has 0 aromatic rings. The molecule has 0 radical (unpaired) electrons. The number of unbranched alkanes of at least 4 members (excludes halogenated alkanes) is 7. The molecule has 0 fully saturated rings. The van der Waals surface area contributed by atoms with E-state index >= 15 is 0 Å². The summed E-state index contributed by atoms with van der Waals surface area (Å²) in [6, 6.07) is 0. The highest BCUT2D eigenvalue weighted by Gasteiger charge is 2.22. The van der Waals surface area contributed by atoms with Crippen LogP contribution in [0.4, 0.5) is 0 Å². The van der Waals surface area contributed by atoms with Gasteiger partial charge >= 0.3 is 19.8 Å². The monoisotopic (exact) mass is 536 g/mol. The lowest BCUT2D eigenvalue weighted by Gasteiger charge is -2.17. The van der Waals surface area contributed by atoms with Gasteiger partial charge < -0.3 is 19.3 Å². The Morgan fingerprint density at radius 3 is 1.79 bits per heavy atom. The first-order valence-corrected chi connectivity index (χ1v) is 13.3. The Hall–Kier alpha value is -4.03. The maximum atomic E-state index is 12.1. The summed E-state index contributed by atoms with van der Waals surface area (Å²) in [7, 11) is -4.82. The van der Waals surface area contributed by atoms with Gasteiger partial charge in [0.15, 0.2) is 6.10 Å². The van der Waals surface area contributed by atoms with Crippen LogP contribution in [0, 0.1) is 83.4 Å². The molecule has 0 spiro atoms. The summed E-state index contributed by atoms with van der Waals surface area (Å²) < 4.78 is 25.4. The third kappa shape index (κ3) is 25.1. The Labute approximate surface area is 225 Å². The van der Waals surface area contributed by atoms with E-state index in [1.165, 1.54) is 25.7 Å². The van der Waals surface area contributed by atoms with Crippen LogP contribution >= 0.6 is 7.82 Å². The number of phosphoric acid groups is 1. The molecule has 198 valence electrons. The molecule has 0 aromatic carbocycles. The number of carbonyl (C=O) groups excluding carboxylic acids is 2. The van der Waals surface area contributed by atoms with E-state index in [2.05, 4.69) is 88.4 Å². The first-order valence-electron chi connectivity index (χ1n) is 11.8. The van der Waals surface area contributed by atoms with Gasteiger partial charge in [0.2, 0.25) is 0 Å². The van der Waals surface area contributed by atoms with Gasteiger partial charge in [-0.2, -0.15) is 0 Å². The highest BCUT2D eigenvalue weighted by molar-refractivity contribution is 7.46. The van der Waals surface area contributed by atoms with Crippen molar-refractivity contribution in [3.05, 3.63) is 0 Å². The van der Waals surface area contributed by atoms with Gasteiger partial charge in [0.05, 0.1) is 6.61 Å². The van der Waals surface area contributed by atoms with Gasteiger partial charge in [0.1, 0.15) is 6.61 Å². The fourth-order valence-corrected chi connectivity index (χ4v) is 2.91. The summed E-state index contributed by atoms with van der Waals surface area (Å²) in [6.07, 6.45) is 12.2. The van der Waals surface area contributed by atoms with Crippen LogP contribution in [-0.2, 0) is 28.2 Å². The lowest BCUT2D eigenvalue weighted by Crippen LogP contribution is -2.29. The molecule has 0 aliphatic rings. The molecule has 0 bridgehead atoms. The van der Waals surface area contributed by atoms with Crippen LogP contribution in [0.3, 0.4) is 0 Å². The van der Waals surface area contributed by atoms with Crippen molar-refractivity contribution in [2.75, 3.05) is 13.2 Å². The molecule has 0 aromatic heterocycles. The lowest BCUT2D eigenvalue weighted by atomic mass is 10.1. The van der Waals surface area contributed by atoms with E-state index in [-0.39, 0.29) is 6.42 Å². The quantitative estimate of drug-likeness (QED) is 0.108. The highest BCUT2D eigenvalue weighted by atomic mass is 31.2. The molecule has 0 aliphatic carbocycles. The molecule has 2 N–H and O–H groups in total. The molecule has 0 unspecified atom stereocenters. The molecule has 0 aliphatic heterocycles. The van der Waals surface area contributed by atoms with E-state index in [0.717, 1.165) is 19.3 Å². The van der Waals surface area contributed by atoms with Crippen LogP contribution < -0.4 is 0 Å². The summed E-state index contributed by atoms with van der Waals surface area (Å²) in [6.45, 7) is 0.987. The van der Waals surface area contributed by atoms with Crippen molar-refractivity contribution < 1.29 is 37.9 Å². The summed E-state index contributed by atoms with van der Waals surface area (Å²) in [5.74, 6) is 28.5. The Balaban J connectivity index is 4.61. The van der Waals surface area contributed by atoms with Crippen LogP contribution in [-0.4, -0.2) is 41.0 Å². The standard InChI is InChI=1S/C29H29O8P/c1-3-5-7-9-11-13-14-15-16-18-19-21-23-28(30)35-25-27(26-36-38(32,33)34)37-29(31)24-22-20-17-12-10-8-6-4-2/h1,27H,4,6,8,10,12,17,20,22,24-26H2,2H3,(H2,32,33,34)/t27-/m1/s1. The number of terminal acetylenes is 1. The number of hydrogen-bond acceptors (Lipinski definition) is 6. The number of carbonyl (C=O) groups is 2. The van der Waals surface area contributed by atoms with E-state index in [4.69, 9.17) is 25.7 Å². The SMILES string of the molecule is C#CC#CC#CC#CC#CC#CC#CC(=O)OC[C@H](COP(=O)(O)O)OC(=O)CCCCCCCCCC. The van der Waals surface area contributed by atoms with E-state index < -0.39 is 39.1 Å². The Bertz CT molecular complexity index is 1230. The number of phosphoric ester groups is 1. The second kappa shape index (κ2) is 23.4. The number of hydrogen-bond donors (Lipinski definition) is 2. The van der Waals surface area contributed by atoms with Crippen LogP contribution in [0.15, 0.2) is 0 Å². The van der Waals surface area contributed by atoms with E-state index in [1.54, 1.807) is 0 Å². The summed E-state index contributed by atoms with van der Waals surface area (Å²) >= 11 is 0. The van der Waals surface area contributed by atoms with E-state index in [1.807, 2.05) is 0 Å². The van der Waals surface area contributed by atoms with Crippen molar-refractivity contribution in [2.24, 2.45) is 0 Å². The van der Waals surface area contributed by atoms with Crippen LogP contribution in [0.25, 0.3) is 0 Å². The summed E-state index contributed by atoms with van der Waals surface area (Å²) in [5.41, 5.74) is 0. The van der Waals surface area contributed by atoms with Gasteiger partial charge in [-0.05, 0) is 77.5 Å². The highest BCUT2D eigenvalue weighted by Crippen LogP contribution is 2.35. The van der Waals surface area contributed by atoms with Crippen LogP contribution in [0.1, 0.15) is 64.7 Å². The summed E-state index contributed by atoms with van der Waals surface area (Å²) in [4.78, 5) is 41.7. The summed E-state index contributed by atoms with van der Waals surface area (Å²) in [5, 5.41) is 0. The van der Waals surface area contributed by atoms with Gasteiger partial charge in [-0.1, -0.05) is 51.9 Å². The molecule has 8 nitrogen and oxygen atoms in total. The smallest absolute Gasteiger partial charge is 0.456 e. The maximum Gasteiger partial charge on any atom is 0.469 e. The fourth-order valence-electron chi connectivity index (χ4n) is 2.55. The predicted molar refractivity (Wildman–Crippen MR) is 142 cm³/mol. The van der Waals surface area contributed by atoms with Crippen molar-refractivity contribution in [2.45, 2.75) is 70.8 Å². The van der Waals surface area contributed by atoms with Crippen molar-refractivity contribution in [1.29, 1.82) is 0 Å². The molecule has 0 rings (SSSR count). The fraction of sp³-hybridized carbons (Fsp3) is 0.448. The van der Waals surface area contributed by atoms with E-state index in [9.17, 15) is 14.2 Å².